The molecule has 0 spiro atoms. The van der Waals surface area contributed by atoms with E-state index in [-0.39, 0.29) is 5.41 Å². The lowest BCUT2D eigenvalue weighted by Gasteiger charge is -2.17. The first-order valence-corrected chi connectivity index (χ1v) is 7.95. The maximum absolute atomic E-state index is 6.10. The number of aromatic nitrogens is 2. The first-order valence-electron chi connectivity index (χ1n) is 6.58. The zero-order valence-electron chi connectivity index (χ0n) is 12.3. The zero-order valence-corrected chi connectivity index (χ0v) is 13.8. The fourth-order valence-corrected chi connectivity index (χ4v) is 2.95. The highest BCUT2D eigenvalue weighted by Crippen LogP contribution is 2.27. The highest BCUT2D eigenvalue weighted by atomic mass is 35.5. The van der Waals surface area contributed by atoms with Gasteiger partial charge in [-0.2, -0.15) is 0 Å². The van der Waals surface area contributed by atoms with Crippen LogP contribution in [0.15, 0.2) is 35.4 Å². The molecule has 106 valence electrons. The van der Waals surface area contributed by atoms with Crippen molar-refractivity contribution >= 4 is 23.4 Å². The predicted molar refractivity (Wildman–Crippen MR) is 86.5 cm³/mol. The van der Waals surface area contributed by atoms with Gasteiger partial charge in [0.25, 0.3) is 0 Å². The van der Waals surface area contributed by atoms with Crippen LogP contribution in [0.1, 0.15) is 37.7 Å². The van der Waals surface area contributed by atoms with Gasteiger partial charge in [-0.3, -0.25) is 0 Å². The molecule has 2 nitrogen and oxygen atoms in total. The smallest absolute Gasteiger partial charge is 0.136 e. The maximum Gasteiger partial charge on any atom is 0.136 e. The summed E-state index contributed by atoms with van der Waals surface area (Å²) >= 11 is 7.80. The molecule has 4 heteroatoms. The molecule has 0 amide bonds. The van der Waals surface area contributed by atoms with Gasteiger partial charge in [0, 0.05) is 17.2 Å². The number of hydrogen-bond donors (Lipinski definition) is 0. The van der Waals surface area contributed by atoms with Crippen molar-refractivity contribution in [3.63, 3.8) is 0 Å². The Bertz CT molecular complexity index is 606. The average molecular weight is 307 g/mol. The molecule has 0 saturated heterocycles. The molecular weight excluding hydrogens is 288 g/mol. The number of benzene rings is 1. The van der Waals surface area contributed by atoms with Crippen molar-refractivity contribution < 1.29 is 0 Å². The maximum atomic E-state index is 6.10. The van der Waals surface area contributed by atoms with E-state index < -0.39 is 0 Å². The van der Waals surface area contributed by atoms with Gasteiger partial charge in [-0.05, 0) is 18.1 Å². The SMILES string of the molecule is Cc1ccccc1CSc1cc(Cl)nc(C(C)(C)C)n1. The number of thioether (sulfide) groups is 1. The van der Waals surface area contributed by atoms with E-state index in [2.05, 4.69) is 61.9 Å². The van der Waals surface area contributed by atoms with E-state index in [1.807, 2.05) is 6.07 Å². The van der Waals surface area contributed by atoms with Crippen LogP contribution in [-0.2, 0) is 11.2 Å². The normalized spacial score (nSPS) is 11.7. The van der Waals surface area contributed by atoms with Crippen molar-refractivity contribution in [1.82, 2.24) is 9.97 Å². The van der Waals surface area contributed by atoms with Crippen LogP contribution in [0.4, 0.5) is 0 Å². The van der Waals surface area contributed by atoms with Crippen molar-refractivity contribution in [3.8, 4) is 0 Å². The Balaban J connectivity index is 2.18. The molecule has 20 heavy (non-hydrogen) atoms. The minimum absolute atomic E-state index is 0.0944. The highest BCUT2D eigenvalue weighted by molar-refractivity contribution is 7.98. The Kier molecular flexibility index (Phi) is 4.71. The number of rotatable bonds is 3. The van der Waals surface area contributed by atoms with Gasteiger partial charge in [-0.25, -0.2) is 9.97 Å². The third-order valence-electron chi connectivity index (χ3n) is 2.98. The second-order valence-corrected chi connectivity index (χ2v) is 7.20. The van der Waals surface area contributed by atoms with E-state index >= 15 is 0 Å². The Morgan fingerprint density at radius 2 is 1.85 bits per heavy atom. The van der Waals surface area contributed by atoms with Crippen LogP contribution in [-0.4, -0.2) is 9.97 Å². The molecule has 2 rings (SSSR count). The molecule has 0 unspecified atom stereocenters. The standard InChI is InChI=1S/C16H19ClN2S/c1-11-7-5-6-8-12(11)10-20-14-9-13(17)18-15(19-14)16(2,3)4/h5-9H,10H2,1-4H3. The van der Waals surface area contributed by atoms with Crippen LogP contribution >= 0.6 is 23.4 Å². The fraction of sp³-hybridized carbons (Fsp3) is 0.375. The van der Waals surface area contributed by atoms with E-state index in [0.29, 0.717) is 5.15 Å². The second kappa shape index (κ2) is 6.15. The van der Waals surface area contributed by atoms with Gasteiger partial charge >= 0.3 is 0 Å². The molecule has 1 heterocycles. The summed E-state index contributed by atoms with van der Waals surface area (Å²) in [4.78, 5) is 8.94. The van der Waals surface area contributed by atoms with Gasteiger partial charge in [0.15, 0.2) is 0 Å². The second-order valence-electron chi connectivity index (χ2n) is 5.82. The van der Waals surface area contributed by atoms with Gasteiger partial charge in [0.1, 0.15) is 16.0 Å². The lowest BCUT2D eigenvalue weighted by molar-refractivity contribution is 0.538. The lowest BCUT2D eigenvalue weighted by Crippen LogP contribution is -2.16. The van der Waals surface area contributed by atoms with Crippen LogP contribution in [0.3, 0.4) is 0 Å². The van der Waals surface area contributed by atoms with E-state index in [0.717, 1.165) is 16.6 Å². The topological polar surface area (TPSA) is 25.8 Å². The van der Waals surface area contributed by atoms with Crippen molar-refractivity contribution in [3.05, 3.63) is 52.4 Å². The molecule has 1 aromatic carbocycles. The van der Waals surface area contributed by atoms with Crippen molar-refractivity contribution in [2.45, 2.75) is 43.9 Å². The molecule has 0 N–H and O–H groups in total. The minimum Gasteiger partial charge on any atom is -0.226 e. The molecule has 0 aliphatic rings. The molecule has 0 bridgehead atoms. The van der Waals surface area contributed by atoms with E-state index in [9.17, 15) is 0 Å². The molecule has 0 aliphatic carbocycles. The predicted octanol–water partition coefficient (Wildman–Crippen LogP) is 5.03. The molecule has 0 saturated carbocycles. The van der Waals surface area contributed by atoms with Crippen molar-refractivity contribution in [1.29, 1.82) is 0 Å². The quantitative estimate of drug-likeness (QED) is 0.587. The largest absolute Gasteiger partial charge is 0.226 e. The summed E-state index contributed by atoms with van der Waals surface area (Å²) in [7, 11) is 0. The molecule has 1 aromatic heterocycles. The summed E-state index contributed by atoms with van der Waals surface area (Å²) in [5.74, 6) is 1.68. The molecule has 0 aliphatic heterocycles. The number of aryl methyl sites for hydroxylation is 1. The Hall–Kier alpha value is -1.06. The summed E-state index contributed by atoms with van der Waals surface area (Å²) < 4.78 is 0. The third-order valence-corrected chi connectivity index (χ3v) is 4.13. The van der Waals surface area contributed by atoms with Crippen LogP contribution in [0.2, 0.25) is 5.15 Å². The van der Waals surface area contributed by atoms with E-state index in [1.54, 1.807) is 11.8 Å². The molecule has 0 atom stereocenters. The van der Waals surface area contributed by atoms with Crippen LogP contribution in [0.25, 0.3) is 0 Å². The molecular formula is C16H19ClN2S. The van der Waals surface area contributed by atoms with Crippen LogP contribution < -0.4 is 0 Å². The molecule has 0 fully saturated rings. The first kappa shape index (κ1) is 15.3. The Morgan fingerprint density at radius 3 is 2.50 bits per heavy atom. The number of halogens is 1. The molecule has 0 radical (unpaired) electrons. The van der Waals surface area contributed by atoms with Gasteiger partial charge in [-0.15, -0.1) is 11.8 Å². The summed E-state index contributed by atoms with van der Waals surface area (Å²) in [5, 5.41) is 1.44. The summed E-state index contributed by atoms with van der Waals surface area (Å²) in [6.45, 7) is 8.40. The van der Waals surface area contributed by atoms with Gasteiger partial charge in [-0.1, -0.05) is 56.6 Å². The molecule has 2 aromatic rings. The Labute approximate surface area is 130 Å². The number of hydrogen-bond acceptors (Lipinski definition) is 3. The third kappa shape index (κ3) is 3.97. The Morgan fingerprint density at radius 1 is 1.15 bits per heavy atom. The first-order chi connectivity index (χ1) is 9.36. The van der Waals surface area contributed by atoms with Crippen molar-refractivity contribution in [2.24, 2.45) is 0 Å². The van der Waals surface area contributed by atoms with E-state index in [4.69, 9.17) is 11.6 Å². The van der Waals surface area contributed by atoms with E-state index in [1.165, 1.54) is 11.1 Å². The highest BCUT2D eigenvalue weighted by Gasteiger charge is 2.19. The van der Waals surface area contributed by atoms with Gasteiger partial charge < -0.3 is 0 Å². The summed E-state index contributed by atoms with van der Waals surface area (Å²) in [6.07, 6.45) is 0. The number of nitrogens with zero attached hydrogens (tertiary/aromatic N) is 2. The fourth-order valence-electron chi connectivity index (χ4n) is 1.73. The monoisotopic (exact) mass is 306 g/mol. The van der Waals surface area contributed by atoms with Crippen LogP contribution in [0, 0.1) is 6.92 Å². The van der Waals surface area contributed by atoms with Gasteiger partial charge in [0.05, 0.1) is 0 Å². The lowest BCUT2D eigenvalue weighted by atomic mass is 9.96. The summed E-state index contributed by atoms with van der Waals surface area (Å²) in [6, 6.07) is 10.2. The van der Waals surface area contributed by atoms with Crippen LogP contribution in [0.5, 0.6) is 0 Å². The van der Waals surface area contributed by atoms with Crippen molar-refractivity contribution in [2.75, 3.05) is 0 Å². The minimum atomic E-state index is -0.0944. The van der Waals surface area contributed by atoms with Gasteiger partial charge in [0.2, 0.25) is 0 Å². The average Bonchev–Trinajstić information content (AvgIpc) is 2.36. The summed E-state index contributed by atoms with van der Waals surface area (Å²) in [5.41, 5.74) is 2.53. The zero-order chi connectivity index (χ0) is 14.8.